The minimum atomic E-state index is -0.206. The Bertz CT molecular complexity index is 1140. The van der Waals surface area contributed by atoms with Gasteiger partial charge in [0.05, 0.1) is 11.3 Å². The van der Waals surface area contributed by atoms with Crippen molar-refractivity contribution in [2.75, 3.05) is 17.7 Å². The normalized spacial score (nSPS) is 11.9. The van der Waals surface area contributed by atoms with Crippen LogP contribution in [0.2, 0.25) is 0 Å². The van der Waals surface area contributed by atoms with Crippen molar-refractivity contribution in [3.63, 3.8) is 0 Å². The van der Waals surface area contributed by atoms with Gasteiger partial charge in [-0.25, -0.2) is 0 Å². The van der Waals surface area contributed by atoms with Crippen molar-refractivity contribution in [2.24, 2.45) is 12.0 Å². The summed E-state index contributed by atoms with van der Waals surface area (Å²) in [6.45, 7) is 3.61. The van der Waals surface area contributed by atoms with Crippen LogP contribution in [-0.4, -0.2) is 34.4 Å². The van der Waals surface area contributed by atoms with Crippen molar-refractivity contribution in [3.8, 4) is 11.3 Å². The molecule has 7 heteroatoms. The van der Waals surface area contributed by atoms with E-state index < -0.39 is 0 Å². The molecule has 0 radical (unpaired) electrons. The first-order valence-electron chi connectivity index (χ1n) is 9.85. The number of nitrogens with zero attached hydrogens (tertiary/aromatic N) is 3. The van der Waals surface area contributed by atoms with Gasteiger partial charge in [-0.05, 0) is 38.1 Å². The molecular formula is C24H25N5O2. The molecule has 2 N–H and O–H groups in total. The highest BCUT2D eigenvalue weighted by molar-refractivity contribution is 6.24. The largest absolute Gasteiger partial charge is 0.322 e. The lowest BCUT2D eigenvalue weighted by Gasteiger charge is -2.08. The first kappa shape index (κ1) is 21.7. The number of hydrogen-bond acceptors (Lipinski definition) is 4. The van der Waals surface area contributed by atoms with E-state index >= 15 is 0 Å². The highest BCUT2D eigenvalue weighted by Crippen LogP contribution is 2.23. The van der Waals surface area contributed by atoms with Gasteiger partial charge in [-0.2, -0.15) is 5.10 Å². The number of anilines is 2. The molecule has 0 spiro atoms. The van der Waals surface area contributed by atoms with Crippen LogP contribution in [0, 0.1) is 0 Å². The number of carbonyl (C=O) groups is 2. The standard InChI is InChI=1S/C24H25N5O2/c1-5-20(16(2)25-3)24(31)26-19-13-11-17(12-14-19)21-15-22(29(4)28-21)27-23(30)18-9-7-6-8-10-18/h5-15H,1-4H3,(H,26,31)(H,27,30)/b20-5+,25-16?. The predicted molar refractivity (Wildman–Crippen MR) is 124 cm³/mol. The number of allylic oxidation sites excluding steroid dienone is 1. The molecule has 0 unspecified atom stereocenters. The van der Waals surface area contributed by atoms with Crippen LogP contribution in [0.1, 0.15) is 24.2 Å². The highest BCUT2D eigenvalue weighted by Gasteiger charge is 2.13. The number of aliphatic imine (C=N–C) groups is 1. The van der Waals surface area contributed by atoms with E-state index in [1.165, 1.54) is 0 Å². The molecule has 3 aromatic rings. The molecule has 0 saturated heterocycles. The molecule has 1 aromatic heterocycles. The number of carbonyl (C=O) groups excluding carboxylic acids is 2. The summed E-state index contributed by atoms with van der Waals surface area (Å²) in [5, 5.41) is 10.2. The Labute approximate surface area is 181 Å². The Morgan fingerprint density at radius 1 is 1.03 bits per heavy atom. The lowest BCUT2D eigenvalue weighted by molar-refractivity contribution is -0.112. The van der Waals surface area contributed by atoms with E-state index in [-0.39, 0.29) is 11.8 Å². The molecule has 7 nitrogen and oxygen atoms in total. The highest BCUT2D eigenvalue weighted by atomic mass is 16.2. The monoisotopic (exact) mass is 415 g/mol. The number of hydrogen-bond donors (Lipinski definition) is 2. The molecule has 0 bridgehead atoms. The van der Waals surface area contributed by atoms with Crippen molar-refractivity contribution in [2.45, 2.75) is 13.8 Å². The van der Waals surface area contributed by atoms with E-state index in [4.69, 9.17) is 0 Å². The van der Waals surface area contributed by atoms with Gasteiger partial charge in [-0.3, -0.25) is 19.3 Å². The average molecular weight is 415 g/mol. The van der Waals surface area contributed by atoms with E-state index in [1.54, 1.807) is 43.9 Å². The van der Waals surface area contributed by atoms with Crippen LogP contribution < -0.4 is 10.6 Å². The number of amides is 2. The Morgan fingerprint density at radius 3 is 2.32 bits per heavy atom. The van der Waals surface area contributed by atoms with Crippen LogP contribution in [0.4, 0.5) is 11.5 Å². The fraction of sp³-hybridized carbons (Fsp3) is 0.167. The van der Waals surface area contributed by atoms with Crippen molar-refractivity contribution < 1.29 is 9.59 Å². The van der Waals surface area contributed by atoms with Crippen LogP contribution in [0.3, 0.4) is 0 Å². The minimum absolute atomic E-state index is 0.195. The van der Waals surface area contributed by atoms with Crippen LogP contribution in [0.5, 0.6) is 0 Å². The number of benzene rings is 2. The third kappa shape index (κ3) is 5.14. The Morgan fingerprint density at radius 2 is 1.71 bits per heavy atom. The second-order valence-corrected chi connectivity index (χ2v) is 6.90. The third-order valence-corrected chi connectivity index (χ3v) is 4.85. The molecule has 2 amide bonds. The average Bonchev–Trinajstić information content (AvgIpc) is 3.15. The molecule has 1 heterocycles. The smallest absolute Gasteiger partial charge is 0.257 e. The van der Waals surface area contributed by atoms with E-state index in [9.17, 15) is 9.59 Å². The third-order valence-electron chi connectivity index (χ3n) is 4.85. The molecule has 0 saturated carbocycles. The van der Waals surface area contributed by atoms with Crippen molar-refractivity contribution in [3.05, 3.63) is 77.9 Å². The second-order valence-electron chi connectivity index (χ2n) is 6.90. The van der Waals surface area contributed by atoms with Gasteiger partial charge in [-0.15, -0.1) is 0 Å². The quantitative estimate of drug-likeness (QED) is 0.464. The van der Waals surface area contributed by atoms with Gasteiger partial charge in [-0.1, -0.05) is 36.4 Å². The Hall–Kier alpha value is -4.00. The Balaban J connectivity index is 1.72. The van der Waals surface area contributed by atoms with Gasteiger partial charge < -0.3 is 10.6 Å². The maximum atomic E-state index is 12.5. The maximum Gasteiger partial charge on any atom is 0.257 e. The molecule has 31 heavy (non-hydrogen) atoms. The van der Waals surface area contributed by atoms with Crippen LogP contribution in [-0.2, 0) is 11.8 Å². The minimum Gasteiger partial charge on any atom is -0.322 e. The number of aryl methyl sites for hydroxylation is 1. The summed E-state index contributed by atoms with van der Waals surface area (Å²) in [4.78, 5) is 28.9. The fourth-order valence-electron chi connectivity index (χ4n) is 3.05. The van der Waals surface area contributed by atoms with E-state index in [1.807, 2.05) is 55.5 Å². The maximum absolute atomic E-state index is 12.5. The van der Waals surface area contributed by atoms with Crippen LogP contribution in [0.15, 0.2) is 77.3 Å². The van der Waals surface area contributed by atoms with Gasteiger partial charge in [0, 0.05) is 42.7 Å². The summed E-state index contributed by atoms with van der Waals surface area (Å²) < 4.78 is 1.62. The molecule has 3 rings (SSSR count). The van der Waals surface area contributed by atoms with Gasteiger partial charge in [0.15, 0.2) is 0 Å². The van der Waals surface area contributed by atoms with Crippen molar-refractivity contribution >= 4 is 29.0 Å². The first-order valence-corrected chi connectivity index (χ1v) is 9.85. The predicted octanol–water partition coefficient (Wildman–Crippen LogP) is 4.31. The van der Waals surface area contributed by atoms with E-state index in [0.717, 1.165) is 5.56 Å². The molecule has 158 valence electrons. The van der Waals surface area contributed by atoms with Crippen molar-refractivity contribution in [1.29, 1.82) is 0 Å². The SMILES string of the molecule is C/C=C(/C(=O)Nc1ccc(-c2cc(NC(=O)c3ccccc3)n(C)n2)cc1)C(C)=NC. The molecule has 0 aliphatic heterocycles. The van der Waals surface area contributed by atoms with E-state index in [2.05, 4.69) is 20.7 Å². The van der Waals surface area contributed by atoms with Crippen LogP contribution in [0.25, 0.3) is 11.3 Å². The number of nitrogens with one attached hydrogen (secondary N) is 2. The summed E-state index contributed by atoms with van der Waals surface area (Å²) >= 11 is 0. The summed E-state index contributed by atoms with van der Waals surface area (Å²) in [5.74, 6) is 0.189. The van der Waals surface area contributed by atoms with Crippen molar-refractivity contribution in [1.82, 2.24) is 9.78 Å². The Kier molecular flexibility index (Phi) is 6.77. The fourth-order valence-corrected chi connectivity index (χ4v) is 3.05. The molecule has 0 aliphatic carbocycles. The van der Waals surface area contributed by atoms with Gasteiger partial charge in [0.25, 0.3) is 11.8 Å². The summed E-state index contributed by atoms with van der Waals surface area (Å²) in [5.41, 5.74) is 4.04. The van der Waals surface area contributed by atoms with Gasteiger partial charge in [0.2, 0.25) is 0 Å². The topological polar surface area (TPSA) is 88.4 Å². The summed E-state index contributed by atoms with van der Waals surface area (Å²) in [6, 6.07) is 18.2. The summed E-state index contributed by atoms with van der Waals surface area (Å²) in [6.07, 6.45) is 1.74. The molecule has 0 atom stereocenters. The molecule has 0 aliphatic rings. The van der Waals surface area contributed by atoms with E-state index in [0.29, 0.717) is 34.0 Å². The molecule has 0 fully saturated rings. The zero-order valence-corrected chi connectivity index (χ0v) is 18.0. The number of rotatable bonds is 6. The summed E-state index contributed by atoms with van der Waals surface area (Å²) in [7, 11) is 3.43. The van der Waals surface area contributed by atoms with Crippen LogP contribution >= 0.6 is 0 Å². The second kappa shape index (κ2) is 9.67. The van der Waals surface area contributed by atoms with Gasteiger partial charge in [0.1, 0.15) is 5.82 Å². The number of aromatic nitrogens is 2. The zero-order valence-electron chi connectivity index (χ0n) is 18.0. The van der Waals surface area contributed by atoms with Gasteiger partial charge >= 0.3 is 0 Å². The zero-order chi connectivity index (χ0) is 22.4. The lowest BCUT2D eigenvalue weighted by atomic mass is 10.1. The molecule has 2 aromatic carbocycles. The molecular weight excluding hydrogens is 390 g/mol. The lowest BCUT2D eigenvalue weighted by Crippen LogP contribution is -2.18. The first-order chi connectivity index (χ1) is 14.9.